The van der Waals surface area contributed by atoms with Crippen LogP contribution in [0.3, 0.4) is 0 Å². The van der Waals surface area contributed by atoms with Crippen molar-refractivity contribution in [3.8, 4) is 0 Å². The summed E-state index contributed by atoms with van der Waals surface area (Å²) in [7, 11) is 0. The highest BCUT2D eigenvalue weighted by atomic mass is 16.5. The van der Waals surface area contributed by atoms with Crippen molar-refractivity contribution in [1.29, 1.82) is 0 Å². The highest BCUT2D eigenvalue weighted by molar-refractivity contribution is 5.76. The second-order valence-electron chi connectivity index (χ2n) is 6.41. The summed E-state index contributed by atoms with van der Waals surface area (Å²) in [4.78, 5) is 37.5. The normalized spacial score (nSPS) is 22.0. The van der Waals surface area contributed by atoms with Gasteiger partial charge in [0.25, 0.3) is 10.9 Å². The molecule has 132 valence electrons. The van der Waals surface area contributed by atoms with E-state index in [-0.39, 0.29) is 18.0 Å². The number of piperidine rings is 1. The molecule has 0 radical (unpaired) electrons. The first-order valence-corrected chi connectivity index (χ1v) is 8.72. The fourth-order valence-corrected chi connectivity index (χ4v) is 3.47. The maximum Gasteiger partial charge on any atom is 0.309 e. The second-order valence-corrected chi connectivity index (χ2v) is 6.41. The number of esters is 1. The maximum absolute atomic E-state index is 12.0. The summed E-state index contributed by atoms with van der Waals surface area (Å²) in [5, 5.41) is 3.09. The summed E-state index contributed by atoms with van der Waals surface area (Å²) in [6, 6.07) is 0. The summed E-state index contributed by atoms with van der Waals surface area (Å²) < 4.78 is 10.6. The van der Waals surface area contributed by atoms with Crippen LogP contribution in [0, 0.1) is 5.92 Å². The van der Waals surface area contributed by atoms with Gasteiger partial charge in [0.15, 0.2) is 0 Å². The summed E-state index contributed by atoms with van der Waals surface area (Å²) in [6.07, 6.45) is 3.40. The van der Waals surface area contributed by atoms with Crippen molar-refractivity contribution in [2.24, 2.45) is 5.92 Å². The van der Waals surface area contributed by atoms with Crippen LogP contribution in [-0.4, -0.2) is 44.9 Å². The van der Waals surface area contributed by atoms with Gasteiger partial charge in [-0.15, -0.1) is 0 Å². The van der Waals surface area contributed by atoms with E-state index in [1.807, 2.05) is 4.90 Å². The highest BCUT2D eigenvalue weighted by Gasteiger charge is 2.32. The van der Waals surface area contributed by atoms with Gasteiger partial charge in [0.2, 0.25) is 0 Å². The molecule has 2 aliphatic rings. The molecule has 7 heteroatoms. The van der Waals surface area contributed by atoms with Gasteiger partial charge >= 0.3 is 5.97 Å². The molecule has 1 N–H and O–H groups in total. The van der Waals surface area contributed by atoms with Gasteiger partial charge in [-0.25, -0.2) is 0 Å². The van der Waals surface area contributed by atoms with Gasteiger partial charge in [-0.1, -0.05) is 0 Å². The van der Waals surface area contributed by atoms with Gasteiger partial charge in [0.05, 0.1) is 18.6 Å². The molecule has 1 aromatic rings. The molecule has 1 atom stereocenters. The Labute approximate surface area is 140 Å². The molecular formula is C17H24N2O5. The molecule has 3 rings (SSSR count). The molecule has 0 spiro atoms. The van der Waals surface area contributed by atoms with Crippen LogP contribution in [0.2, 0.25) is 0 Å². The average molecular weight is 336 g/mol. The first kappa shape index (κ1) is 17.0. The van der Waals surface area contributed by atoms with Crippen LogP contribution in [-0.2, 0) is 14.3 Å². The van der Waals surface area contributed by atoms with Crippen molar-refractivity contribution in [2.45, 2.75) is 38.7 Å². The number of hydrogen-bond acceptors (Lipinski definition) is 7. The first-order chi connectivity index (χ1) is 11.6. The number of rotatable bonds is 6. The third kappa shape index (κ3) is 3.31. The van der Waals surface area contributed by atoms with Gasteiger partial charge in [-0.2, -0.15) is 0 Å². The van der Waals surface area contributed by atoms with E-state index in [2.05, 4.69) is 5.32 Å². The minimum atomic E-state index is -0.449. The fraction of sp³-hybridized carbons (Fsp3) is 0.706. The zero-order chi connectivity index (χ0) is 17.1. The van der Waals surface area contributed by atoms with Crippen molar-refractivity contribution in [3.63, 3.8) is 0 Å². The van der Waals surface area contributed by atoms with Crippen LogP contribution in [0.25, 0.3) is 0 Å². The second kappa shape index (κ2) is 7.34. The lowest BCUT2D eigenvalue weighted by Gasteiger charge is -2.34. The van der Waals surface area contributed by atoms with Crippen molar-refractivity contribution in [3.05, 3.63) is 20.4 Å². The number of nitrogens with one attached hydrogen (secondary N) is 1. The summed E-state index contributed by atoms with van der Waals surface area (Å²) in [5.41, 5.74) is 0.000304. The zero-order valence-electron chi connectivity index (χ0n) is 14.0. The van der Waals surface area contributed by atoms with Gasteiger partial charge in [0.1, 0.15) is 11.4 Å². The Morgan fingerprint density at radius 3 is 2.62 bits per heavy atom. The van der Waals surface area contributed by atoms with Crippen LogP contribution < -0.4 is 21.1 Å². The molecule has 0 saturated carbocycles. The molecular weight excluding hydrogens is 312 g/mol. The monoisotopic (exact) mass is 336 g/mol. The SMILES string of the molecule is CCOC(=O)C1CCN(c2c(NCC3CCCO3)c(=O)c2=O)CC1. The molecule has 1 unspecified atom stereocenters. The van der Waals surface area contributed by atoms with Crippen molar-refractivity contribution in [1.82, 2.24) is 0 Å². The Morgan fingerprint density at radius 1 is 1.25 bits per heavy atom. The average Bonchev–Trinajstić information content (AvgIpc) is 3.11. The predicted molar refractivity (Wildman–Crippen MR) is 90.4 cm³/mol. The molecule has 2 fully saturated rings. The summed E-state index contributed by atoms with van der Waals surface area (Å²) in [5.74, 6) is -0.283. The molecule has 24 heavy (non-hydrogen) atoms. The lowest BCUT2D eigenvalue weighted by atomic mass is 9.96. The quantitative estimate of drug-likeness (QED) is 0.603. The summed E-state index contributed by atoms with van der Waals surface area (Å²) in [6.45, 7) is 4.66. The fourth-order valence-electron chi connectivity index (χ4n) is 3.47. The predicted octanol–water partition coefficient (Wildman–Crippen LogP) is 0.653. The molecule has 2 aliphatic heterocycles. The Morgan fingerprint density at radius 2 is 2.00 bits per heavy atom. The zero-order valence-corrected chi connectivity index (χ0v) is 14.0. The van der Waals surface area contributed by atoms with E-state index in [1.54, 1.807) is 6.92 Å². The maximum atomic E-state index is 12.0. The van der Waals surface area contributed by atoms with E-state index in [0.29, 0.717) is 50.5 Å². The summed E-state index contributed by atoms with van der Waals surface area (Å²) >= 11 is 0. The van der Waals surface area contributed by atoms with Gasteiger partial charge in [0, 0.05) is 26.2 Å². The lowest BCUT2D eigenvalue weighted by Crippen LogP contribution is -2.47. The molecule has 2 heterocycles. The first-order valence-electron chi connectivity index (χ1n) is 8.72. The van der Waals surface area contributed by atoms with Gasteiger partial charge in [-0.05, 0) is 32.6 Å². The third-order valence-corrected chi connectivity index (χ3v) is 4.85. The number of anilines is 2. The Balaban J connectivity index is 1.59. The van der Waals surface area contributed by atoms with E-state index in [4.69, 9.17) is 9.47 Å². The minimum absolute atomic E-state index is 0.108. The Kier molecular flexibility index (Phi) is 5.18. The van der Waals surface area contributed by atoms with E-state index in [9.17, 15) is 14.4 Å². The van der Waals surface area contributed by atoms with Crippen molar-refractivity contribution in [2.75, 3.05) is 43.1 Å². The number of nitrogens with zero attached hydrogens (tertiary/aromatic N) is 1. The number of hydrogen-bond donors (Lipinski definition) is 1. The van der Waals surface area contributed by atoms with Crippen LogP contribution in [0.4, 0.5) is 11.4 Å². The number of carbonyl (C=O) groups is 1. The van der Waals surface area contributed by atoms with E-state index in [1.165, 1.54) is 0 Å². The van der Waals surface area contributed by atoms with Crippen molar-refractivity contribution >= 4 is 17.3 Å². The van der Waals surface area contributed by atoms with Crippen molar-refractivity contribution < 1.29 is 14.3 Å². The molecule has 2 saturated heterocycles. The molecule has 0 aromatic heterocycles. The largest absolute Gasteiger partial charge is 0.466 e. The molecule has 0 aliphatic carbocycles. The Hall–Kier alpha value is -1.89. The van der Waals surface area contributed by atoms with Crippen LogP contribution in [0.1, 0.15) is 32.6 Å². The lowest BCUT2D eigenvalue weighted by molar-refractivity contribution is -0.148. The van der Waals surface area contributed by atoms with Gasteiger partial charge in [-0.3, -0.25) is 14.4 Å². The molecule has 7 nitrogen and oxygen atoms in total. The van der Waals surface area contributed by atoms with Crippen LogP contribution >= 0.6 is 0 Å². The van der Waals surface area contributed by atoms with Crippen LogP contribution in [0.5, 0.6) is 0 Å². The van der Waals surface area contributed by atoms with E-state index in [0.717, 1.165) is 19.4 Å². The number of carbonyl (C=O) groups excluding carboxylic acids is 1. The molecule has 0 bridgehead atoms. The highest BCUT2D eigenvalue weighted by Crippen LogP contribution is 2.27. The van der Waals surface area contributed by atoms with Gasteiger partial charge < -0.3 is 19.7 Å². The Bertz CT molecular complexity index is 650. The minimum Gasteiger partial charge on any atom is -0.466 e. The van der Waals surface area contributed by atoms with E-state index < -0.39 is 10.9 Å². The smallest absolute Gasteiger partial charge is 0.309 e. The standard InChI is InChI=1S/C17H24N2O5/c1-2-23-17(22)11-5-7-19(8-6-11)14-13(15(20)16(14)21)18-10-12-4-3-9-24-12/h11-12,18H,2-10H2,1H3. The molecule has 0 amide bonds. The van der Waals surface area contributed by atoms with E-state index >= 15 is 0 Å². The number of ether oxygens (including phenoxy) is 2. The third-order valence-electron chi connectivity index (χ3n) is 4.85. The topological polar surface area (TPSA) is 84.9 Å². The van der Waals surface area contributed by atoms with Crippen LogP contribution in [0.15, 0.2) is 9.59 Å². The molecule has 1 aromatic carbocycles.